The van der Waals surface area contributed by atoms with Gasteiger partial charge in [0.2, 0.25) is 5.88 Å². The van der Waals surface area contributed by atoms with Crippen LogP contribution in [0.4, 0.5) is 0 Å². The predicted molar refractivity (Wildman–Crippen MR) is 52.9 cm³/mol. The predicted octanol–water partition coefficient (Wildman–Crippen LogP) is 1.84. The van der Waals surface area contributed by atoms with Gasteiger partial charge in [-0.1, -0.05) is 18.6 Å². The molecule has 0 radical (unpaired) electrons. The third-order valence-electron chi connectivity index (χ3n) is 2.44. The maximum absolute atomic E-state index is 11.5. The Hall–Kier alpha value is -1.51. The molecule has 1 aliphatic carbocycles. The van der Waals surface area contributed by atoms with E-state index in [1.165, 1.54) is 0 Å². The van der Waals surface area contributed by atoms with Gasteiger partial charge in [0.05, 0.1) is 5.92 Å². The Kier molecular flexibility index (Phi) is 2.68. The molecule has 1 N–H and O–H groups in total. The largest absolute Gasteiger partial charge is 0.409 e. The van der Waals surface area contributed by atoms with E-state index in [1.807, 2.05) is 18.2 Å². The molecule has 14 heavy (non-hydrogen) atoms. The first kappa shape index (κ1) is 9.06. The molecule has 74 valence electrons. The number of rotatable bonds is 2. The normalized spacial score (nSPS) is 20.4. The zero-order chi connectivity index (χ0) is 9.80. The van der Waals surface area contributed by atoms with E-state index in [0.717, 1.165) is 19.3 Å². The van der Waals surface area contributed by atoms with Crippen molar-refractivity contribution in [3.8, 4) is 0 Å². The van der Waals surface area contributed by atoms with Crippen molar-refractivity contribution in [2.45, 2.75) is 19.3 Å². The van der Waals surface area contributed by atoms with Crippen LogP contribution in [0.2, 0.25) is 0 Å². The number of hydrogen-bond acceptors (Lipinski definition) is 3. The fraction of sp³-hybridized carbons (Fsp3) is 0.364. The van der Waals surface area contributed by atoms with E-state index in [4.69, 9.17) is 4.74 Å². The highest BCUT2D eigenvalue weighted by Crippen LogP contribution is 2.27. The van der Waals surface area contributed by atoms with Gasteiger partial charge < -0.3 is 10.1 Å². The van der Waals surface area contributed by atoms with E-state index >= 15 is 0 Å². The minimum Gasteiger partial charge on any atom is -0.409 e. The van der Waals surface area contributed by atoms with E-state index in [0.29, 0.717) is 5.88 Å². The van der Waals surface area contributed by atoms with Gasteiger partial charge >= 0.3 is 5.97 Å². The van der Waals surface area contributed by atoms with Crippen molar-refractivity contribution in [2.75, 3.05) is 0 Å². The molecule has 1 aliphatic heterocycles. The van der Waals surface area contributed by atoms with Gasteiger partial charge in [0.1, 0.15) is 0 Å². The van der Waals surface area contributed by atoms with Gasteiger partial charge in [0.15, 0.2) is 0 Å². The van der Waals surface area contributed by atoms with Crippen molar-refractivity contribution in [3.05, 3.63) is 36.4 Å². The number of nitrogens with one attached hydrogen (secondary N) is 1. The lowest BCUT2D eigenvalue weighted by Crippen LogP contribution is -2.26. The van der Waals surface area contributed by atoms with E-state index < -0.39 is 0 Å². The molecular weight excluding hydrogens is 178 g/mol. The minimum atomic E-state index is -0.112. The third-order valence-corrected chi connectivity index (χ3v) is 2.44. The molecule has 0 saturated heterocycles. The lowest BCUT2D eigenvalue weighted by molar-refractivity contribution is -0.147. The Bertz CT molecular complexity index is 311. The topological polar surface area (TPSA) is 38.3 Å². The molecule has 0 aromatic carbocycles. The second-order valence-corrected chi connectivity index (χ2v) is 3.47. The summed E-state index contributed by atoms with van der Waals surface area (Å²) in [5, 5.41) is 2.89. The zero-order valence-corrected chi connectivity index (χ0v) is 7.90. The summed E-state index contributed by atoms with van der Waals surface area (Å²) in [5.41, 5.74) is 0. The Balaban J connectivity index is 1.89. The van der Waals surface area contributed by atoms with Crippen LogP contribution in [0.3, 0.4) is 0 Å². The minimum absolute atomic E-state index is 0.112. The van der Waals surface area contributed by atoms with Crippen LogP contribution in [0.15, 0.2) is 36.4 Å². The zero-order valence-electron chi connectivity index (χ0n) is 7.90. The fourth-order valence-corrected chi connectivity index (χ4v) is 1.34. The maximum atomic E-state index is 11.5. The molecule has 0 unspecified atom stereocenters. The summed E-state index contributed by atoms with van der Waals surface area (Å²) in [6, 6.07) is 0. The molecule has 0 spiro atoms. The monoisotopic (exact) mass is 191 g/mol. The van der Waals surface area contributed by atoms with E-state index in [9.17, 15) is 4.79 Å². The first-order valence-electron chi connectivity index (χ1n) is 4.88. The number of esters is 1. The molecule has 2 rings (SSSR count). The van der Waals surface area contributed by atoms with Crippen molar-refractivity contribution in [1.29, 1.82) is 0 Å². The quantitative estimate of drug-likeness (QED) is 0.677. The fourth-order valence-electron chi connectivity index (χ4n) is 1.34. The van der Waals surface area contributed by atoms with Gasteiger partial charge in [0, 0.05) is 6.20 Å². The van der Waals surface area contributed by atoms with Crippen molar-refractivity contribution in [2.24, 2.45) is 5.92 Å². The molecule has 1 fully saturated rings. The SMILES string of the molecule is O=C(OC1=CC=CC=CN1)C1CCC1. The highest BCUT2D eigenvalue weighted by molar-refractivity contribution is 5.74. The Morgan fingerprint density at radius 1 is 1.36 bits per heavy atom. The number of allylic oxidation sites excluding steroid dienone is 4. The van der Waals surface area contributed by atoms with Crippen LogP contribution >= 0.6 is 0 Å². The third kappa shape index (κ3) is 2.05. The molecule has 3 heteroatoms. The van der Waals surface area contributed by atoms with Crippen LogP contribution < -0.4 is 5.32 Å². The molecule has 3 nitrogen and oxygen atoms in total. The Morgan fingerprint density at radius 2 is 2.21 bits per heavy atom. The van der Waals surface area contributed by atoms with Gasteiger partial charge in [-0.15, -0.1) is 0 Å². The second-order valence-electron chi connectivity index (χ2n) is 3.47. The lowest BCUT2D eigenvalue weighted by Gasteiger charge is -2.23. The van der Waals surface area contributed by atoms with Crippen LogP contribution in [-0.2, 0) is 9.53 Å². The molecule has 0 atom stereocenters. The van der Waals surface area contributed by atoms with Crippen LogP contribution in [0.1, 0.15) is 19.3 Å². The number of carbonyl (C=O) groups is 1. The Labute approximate surface area is 83.1 Å². The molecule has 1 saturated carbocycles. The first-order chi connectivity index (χ1) is 6.86. The average molecular weight is 191 g/mol. The molecule has 0 aromatic rings. The van der Waals surface area contributed by atoms with Gasteiger partial charge in [0.25, 0.3) is 0 Å². The smallest absolute Gasteiger partial charge is 0.315 e. The van der Waals surface area contributed by atoms with Gasteiger partial charge in [-0.3, -0.25) is 4.79 Å². The van der Waals surface area contributed by atoms with Gasteiger partial charge in [-0.25, -0.2) is 0 Å². The summed E-state index contributed by atoms with van der Waals surface area (Å²) in [6.45, 7) is 0. The molecule has 2 aliphatic rings. The highest BCUT2D eigenvalue weighted by Gasteiger charge is 2.27. The first-order valence-corrected chi connectivity index (χ1v) is 4.88. The number of hydrogen-bond donors (Lipinski definition) is 1. The average Bonchev–Trinajstić information content (AvgIpc) is 2.29. The molecule has 1 heterocycles. The van der Waals surface area contributed by atoms with Crippen LogP contribution in [-0.4, -0.2) is 5.97 Å². The molecule has 0 aromatic heterocycles. The van der Waals surface area contributed by atoms with Crippen LogP contribution in [0.5, 0.6) is 0 Å². The van der Waals surface area contributed by atoms with Gasteiger partial charge in [-0.05, 0) is 25.0 Å². The van der Waals surface area contributed by atoms with Gasteiger partial charge in [-0.2, -0.15) is 0 Å². The second kappa shape index (κ2) is 4.13. The van der Waals surface area contributed by atoms with Crippen molar-refractivity contribution in [3.63, 3.8) is 0 Å². The summed E-state index contributed by atoms with van der Waals surface area (Å²) in [5.74, 6) is 0.513. The van der Waals surface area contributed by atoms with E-state index in [1.54, 1.807) is 12.3 Å². The van der Waals surface area contributed by atoms with Crippen LogP contribution in [0, 0.1) is 5.92 Å². The van der Waals surface area contributed by atoms with Crippen molar-refractivity contribution >= 4 is 5.97 Å². The van der Waals surface area contributed by atoms with E-state index in [-0.39, 0.29) is 11.9 Å². The van der Waals surface area contributed by atoms with Crippen LogP contribution in [0.25, 0.3) is 0 Å². The summed E-state index contributed by atoms with van der Waals surface area (Å²) < 4.78 is 5.18. The number of carbonyl (C=O) groups excluding carboxylic acids is 1. The molecular formula is C11H13NO2. The summed E-state index contributed by atoms with van der Waals surface area (Å²) in [7, 11) is 0. The standard InChI is InChI=1S/C11H13NO2/c13-11(9-5-4-6-9)14-10-7-2-1-3-8-12-10/h1-3,7-9,12H,4-6H2. The summed E-state index contributed by atoms with van der Waals surface area (Å²) in [4.78, 5) is 11.5. The molecule has 0 bridgehead atoms. The maximum Gasteiger partial charge on any atom is 0.315 e. The lowest BCUT2D eigenvalue weighted by atomic mass is 9.86. The van der Waals surface area contributed by atoms with Crippen molar-refractivity contribution < 1.29 is 9.53 Å². The highest BCUT2D eigenvalue weighted by atomic mass is 16.5. The summed E-state index contributed by atoms with van der Waals surface area (Å²) >= 11 is 0. The summed E-state index contributed by atoms with van der Waals surface area (Å²) in [6.07, 6.45) is 12.1. The Morgan fingerprint density at radius 3 is 2.93 bits per heavy atom. The van der Waals surface area contributed by atoms with E-state index in [2.05, 4.69) is 5.32 Å². The number of ether oxygens (including phenoxy) is 1. The molecule has 0 amide bonds. The van der Waals surface area contributed by atoms with Crippen molar-refractivity contribution in [1.82, 2.24) is 5.32 Å².